The molecule has 0 aromatic carbocycles. The van der Waals surface area contributed by atoms with Gasteiger partial charge in [-0.15, -0.1) is 0 Å². The first-order chi connectivity index (χ1) is 5.70. The predicted octanol–water partition coefficient (Wildman–Crippen LogP) is 1.66. The molecule has 0 aliphatic rings. The third-order valence-electron chi connectivity index (χ3n) is 1.20. The Morgan fingerprint density at radius 2 is 2.17 bits per heavy atom. The molecule has 0 saturated heterocycles. The van der Waals surface area contributed by atoms with Crippen LogP contribution in [-0.2, 0) is 14.3 Å². The normalized spacial score (nSPS) is 12.6. The Balaban J connectivity index is 3.33. The van der Waals surface area contributed by atoms with E-state index in [1.54, 1.807) is 6.92 Å². The molecular formula is C8H15FO3. The summed E-state index contributed by atoms with van der Waals surface area (Å²) in [6.45, 7) is 3.54. The molecule has 3 nitrogen and oxygen atoms in total. The van der Waals surface area contributed by atoms with Gasteiger partial charge in [0.25, 0.3) is 0 Å². The summed E-state index contributed by atoms with van der Waals surface area (Å²) in [7, 11) is 0. The molecule has 0 radical (unpaired) electrons. The van der Waals surface area contributed by atoms with Gasteiger partial charge in [0.1, 0.15) is 6.61 Å². The molecule has 12 heavy (non-hydrogen) atoms. The first-order valence-electron chi connectivity index (χ1n) is 4.12. The molecular weight excluding hydrogens is 163 g/mol. The minimum Gasteiger partial charge on any atom is -0.464 e. The molecule has 4 heteroatoms. The molecule has 0 saturated carbocycles. The predicted molar refractivity (Wildman–Crippen MR) is 42.4 cm³/mol. The molecule has 0 bridgehead atoms. The fourth-order valence-electron chi connectivity index (χ4n) is 0.671. The van der Waals surface area contributed by atoms with E-state index >= 15 is 0 Å². The van der Waals surface area contributed by atoms with Crippen LogP contribution in [0.15, 0.2) is 0 Å². The fraction of sp³-hybridized carbons (Fsp3) is 0.875. The maximum atomic E-state index is 12.6. The number of hydrogen-bond donors (Lipinski definition) is 0. The van der Waals surface area contributed by atoms with Crippen LogP contribution in [0, 0.1) is 0 Å². The van der Waals surface area contributed by atoms with Crippen molar-refractivity contribution in [3.63, 3.8) is 0 Å². The Morgan fingerprint density at radius 1 is 1.50 bits per heavy atom. The molecule has 0 fully saturated rings. The van der Waals surface area contributed by atoms with Crippen LogP contribution in [-0.4, -0.2) is 25.5 Å². The van der Waals surface area contributed by atoms with Gasteiger partial charge in [0.05, 0.1) is 6.61 Å². The van der Waals surface area contributed by atoms with E-state index in [1.807, 2.05) is 6.92 Å². The van der Waals surface area contributed by atoms with Gasteiger partial charge in [0.15, 0.2) is 6.36 Å². The van der Waals surface area contributed by atoms with Gasteiger partial charge in [0.2, 0.25) is 0 Å². The summed E-state index contributed by atoms with van der Waals surface area (Å²) in [5, 5.41) is 0. The summed E-state index contributed by atoms with van der Waals surface area (Å²) in [6, 6.07) is 0. The van der Waals surface area contributed by atoms with Crippen molar-refractivity contribution in [3.05, 3.63) is 0 Å². The van der Waals surface area contributed by atoms with E-state index in [1.165, 1.54) is 0 Å². The maximum Gasteiger partial charge on any atom is 0.332 e. The lowest BCUT2D eigenvalue weighted by Gasteiger charge is -2.07. The fourth-order valence-corrected chi connectivity index (χ4v) is 0.671. The van der Waals surface area contributed by atoms with Crippen LogP contribution in [0.25, 0.3) is 0 Å². The van der Waals surface area contributed by atoms with Crippen molar-refractivity contribution in [2.75, 3.05) is 13.2 Å². The Labute approximate surface area is 71.8 Å². The number of carbonyl (C=O) groups excluding carboxylic acids is 1. The highest BCUT2D eigenvalue weighted by atomic mass is 19.1. The second-order valence-corrected chi connectivity index (χ2v) is 2.31. The zero-order valence-corrected chi connectivity index (χ0v) is 7.51. The summed E-state index contributed by atoms with van der Waals surface area (Å²) in [4.78, 5) is 10.6. The Hall–Kier alpha value is -0.640. The lowest BCUT2D eigenvalue weighted by atomic mass is 10.3. The highest BCUT2D eigenvalue weighted by molar-refractivity contribution is 5.70. The quantitative estimate of drug-likeness (QED) is 0.580. The van der Waals surface area contributed by atoms with Gasteiger partial charge < -0.3 is 9.47 Å². The SMILES string of the molecule is CCCC(F)OCC(=O)OCC. The van der Waals surface area contributed by atoms with Crippen molar-refractivity contribution < 1.29 is 18.7 Å². The van der Waals surface area contributed by atoms with Gasteiger partial charge in [-0.3, -0.25) is 0 Å². The molecule has 1 atom stereocenters. The first-order valence-corrected chi connectivity index (χ1v) is 4.12. The second kappa shape index (κ2) is 7.03. The van der Waals surface area contributed by atoms with Crippen molar-refractivity contribution in [2.45, 2.75) is 33.0 Å². The van der Waals surface area contributed by atoms with Crippen molar-refractivity contribution in [1.82, 2.24) is 0 Å². The zero-order chi connectivity index (χ0) is 9.40. The lowest BCUT2D eigenvalue weighted by Crippen LogP contribution is -2.16. The van der Waals surface area contributed by atoms with Gasteiger partial charge >= 0.3 is 5.97 Å². The van der Waals surface area contributed by atoms with Gasteiger partial charge in [-0.1, -0.05) is 13.3 Å². The van der Waals surface area contributed by atoms with Crippen LogP contribution >= 0.6 is 0 Å². The number of esters is 1. The number of halogens is 1. The van der Waals surface area contributed by atoms with Crippen molar-refractivity contribution >= 4 is 5.97 Å². The number of hydrogen-bond acceptors (Lipinski definition) is 3. The molecule has 0 aromatic rings. The highest BCUT2D eigenvalue weighted by Gasteiger charge is 2.08. The lowest BCUT2D eigenvalue weighted by molar-refractivity contribution is -0.155. The van der Waals surface area contributed by atoms with Crippen molar-refractivity contribution in [2.24, 2.45) is 0 Å². The topological polar surface area (TPSA) is 35.5 Å². The number of ether oxygens (including phenoxy) is 2. The molecule has 0 amide bonds. The average molecular weight is 178 g/mol. The van der Waals surface area contributed by atoms with Crippen LogP contribution < -0.4 is 0 Å². The summed E-state index contributed by atoms with van der Waals surface area (Å²) in [5.74, 6) is -0.517. The van der Waals surface area contributed by atoms with E-state index in [9.17, 15) is 9.18 Å². The highest BCUT2D eigenvalue weighted by Crippen LogP contribution is 2.02. The molecule has 0 aromatic heterocycles. The molecule has 0 N–H and O–H groups in total. The molecule has 0 aliphatic carbocycles. The minimum atomic E-state index is -1.35. The molecule has 0 aliphatic heterocycles. The van der Waals surface area contributed by atoms with E-state index in [0.717, 1.165) is 0 Å². The smallest absolute Gasteiger partial charge is 0.332 e. The van der Waals surface area contributed by atoms with Gasteiger partial charge in [-0.25, -0.2) is 9.18 Å². The van der Waals surface area contributed by atoms with Crippen molar-refractivity contribution in [3.8, 4) is 0 Å². The van der Waals surface area contributed by atoms with Gasteiger partial charge in [-0.05, 0) is 6.92 Å². The van der Waals surface area contributed by atoms with Crippen molar-refractivity contribution in [1.29, 1.82) is 0 Å². The molecule has 1 unspecified atom stereocenters. The van der Waals surface area contributed by atoms with E-state index in [0.29, 0.717) is 19.4 Å². The van der Waals surface area contributed by atoms with E-state index < -0.39 is 12.3 Å². The monoisotopic (exact) mass is 178 g/mol. The number of carbonyl (C=O) groups is 1. The van der Waals surface area contributed by atoms with Crippen LogP contribution in [0.1, 0.15) is 26.7 Å². The molecule has 72 valence electrons. The van der Waals surface area contributed by atoms with Crippen LogP contribution in [0.4, 0.5) is 4.39 Å². The molecule has 0 heterocycles. The van der Waals surface area contributed by atoms with Gasteiger partial charge in [-0.2, -0.15) is 0 Å². The summed E-state index contributed by atoms with van der Waals surface area (Å²) in [6.07, 6.45) is -0.331. The molecule has 0 spiro atoms. The van der Waals surface area contributed by atoms with E-state index in [2.05, 4.69) is 9.47 Å². The van der Waals surface area contributed by atoms with Crippen LogP contribution in [0.5, 0.6) is 0 Å². The number of rotatable bonds is 6. The van der Waals surface area contributed by atoms with E-state index in [-0.39, 0.29) is 6.61 Å². The standard InChI is InChI=1S/C8H15FO3/c1-3-5-7(9)12-6-8(10)11-4-2/h7H,3-6H2,1-2H3. The largest absolute Gasteiger partial charge is 0.464 e. The van der Waals surface area contributed by atoms with E-state index in [4.69, 9.17) is 0 Å². The summed E-state index contributed by atoms with van der Waals surface area (Å²) in [5.41, 5.74) is 0. The summed E-state index contributed by atoms with van der Waals surface area (Å²) < 4.78 is 21.7. The number of alkyl halides is 1. The summed E-state index contributed by atoms with van der Waals surface area (Å²) >= 11 is 0. The van der Waals surface area contributed by atoms with Gasteiger partial charge in [0, 0.05) is 6.42 Å². The average Bonchev–Trinajstić information content (AvgIpc) is 2.02. The Morgan fingerprint density at radius 3 is 2.67 bits per heavy atom. The maximum absolute atomic E-state index is 12.6. The zero-order valence-electron chi connectivity index (χ0n) is 7.51. The Bertz CT molecular complexity index is 127. The minimum absolute atomic E-state index is 0.297. The third-order valence-corrected chi connectivity index (χ3v) is 1.20. The molecule has 0 rings (SSSR count). The van der Waals surface area contributed by atoms with Crippen LogP contribution in [0.2, 0.25) is 0 Å². The first kappa shape index (κ1) is 11.4. The third kappa shape index (κ3) is 6.09. The Kier molecular flexibility index (Phi) is 6.66. The van der Waals surface area contributed by atoms with Crippen LogP contribution in [0.3, 0.4) is 0 Å². The second-order valence-electron chi connectivity index (χ2n) is 2.31.